The summed E-state index contributed by atoms with van der Waals surface area (Å²) in [6, 6.07) is 49.4. The first kappa shape index (κ1) is 36.3. The van der Waals surface area contributed by atoms with Crippen LogP contribution in [0.3, 0.4) is 0 Å². The molecule has 10 nitrogen and oxygen atoms in total. The zero-order valence-corrected chi connectivity index (χ0v) is 30.1. The molecule has 0 aliphatic carbocycles. The Labute approximate surface area is 320 Å². The van der Waals surface area contributed by atoms with Gasteiger partial charge in [-0.2, -0.15) is 4.73 Å². The molecular formula is C44H34N4O6S. The number of nitrogens with zero attached hydrogens (tertiary/aromatic N) is 4. The van der Waals surface area contributed by atoms with Gasteiger partial charge in [0.05, 0.1) is 17.3 Å². The van der Waals surface area contributed by atoms with Gasteiger partial charge in [0.2, 0.25) is 16.3 Å². The van der Waals surface area contributed by atoms with Crippen molar-refractivity contribution in [3.63, 3.8) is 0 Å². The van der Waals surface area contributed by atoms with Gasteiger partial charge in [0.25, 0.3) is 0 Å². The molecule has 0 bridgehead atoms. The van der Waals surface area contributed by atoms with E-state index >= 15 is 0 Å². The molecule has 0 fully saturated rings. The quantitative estimate of drug-likeness (QED) is 0.0825. The maximum atomic E-state index is 13.8. The van der Waals surface area contributed by atoms with Crippen LogP contribution in [0.15, 0.2) is 185 Å². The highest BCUT2D eigenvalue weighted by atomic mass is 32.1. The minimum Gasteiger partial charge on any atom is -0.476 e. The number of pyridine rings is 1. The van der Waals surface area contributed by atoms with Crippen LogP contribution in [-0.2, 0) is 16.2 Å². The predicted octanol–water partition coefficient (Wildman–Crippen LogP) is 8.45. The van der Waals surface area contributed by atoms with Gasteiger partial charge in [-0.3, -0.25) is 4.79 Å². The van der Waals surface area contributed by atoms with Crippen LogP contribution in [0, 0.1) is 0 Å². The van der Waals surface area contributed by atoms with Crippen molar-refractivity contribution in [2.24, 2.45) is 10.1 Å². The molecule has 0 spiro atoms. The van der Waals surface area contributed by atoms with Crippen LogP contribution in [0.4, 0.5) is 5.13 Å². The van der Waals surface area contributed by atoms with Gasteiger partial charge in [0.15, 0.2) is 18.5 Å². The van der Waals surface area contributed by atoms with Crippen molar-refractivity contribution in [3.8, 4) is 5.75 Å². The summed E-state index contributed by atoms with van der Waals surface area (Å²) in [5.41, 5.74) is 3.75. The molecule has 0 amide bonds. The van der Waals surface area contributed by atoms with E-state index in [4.69, 9.17) is 14.4 Å². The fourth-order valence-electron chi connectivity index (χ4n) is 5.68. The summed E-state index contributed by atoms with van der Waals surface area (Å²) in [5.74, 6) is -1.29. The molecule has 0 aliphatic rings. The lowest BCUT2D eigenvalue weighted by Crippen LogP contribution is -2.26. The van der Waals surface area contributed by atoms with E-state index in [2.05, 4.69) is 15.1 Å². The number of rotatable bonds is 15. The number of carbonyl (C=O) groups is 1. The lowest BCUT2D eigenvalue weighted by atomic mass is 10.0. The highest BCUT2D eigenvalue weighted by Gasteiger charge is 2.23. The number of aliphatic imine (C=N–C) groups is 1. The first-order valence-corrected chi connectivity index (χ1v) is 18.1. The lowest BCUT2D eigenvalue weighted by Gasteiger charge is -2.25. The third kappa shape index (κ3) is 9.28. The molecule has 11 heteroatoms. The number of aromatic nitrogens is 2. The van der Waals surface area contributed by atoms with Gasteiger partial charge in [0.1, 0.15) is 11.8 Å². The molecule has 5 aromatic carbocycles. The van der Waals surface area contributed by atoms with E-state index in [-0.39, 0.29) is 28.6 Å². The van der Waals surface area contributed by atoms with Crippen molar-refractivity contribution in [3.05, 3.63) is 219 Å². The zero-order valence-electron chi connectivity index (χ0n) is 29.3. The zero-order chi connectivity index (χ0) is 37.8. The number of benzene rings is 5. The maximum absolute atomic E-state index is 13.8. The maximum Gasteiger partial charge on any atom is 0.359 e. The Hall–Kier alpha value is -7.11. The average Bonchev–Trinajstić information content (AvgIpc) is 3.71. The molecule has 55 heavy (non-hydrogen) atoms. The predicted molar refractivity (Wildman–Crippen MR) is 212 cm³/mol. The lowest BCUT2D eigenvalue weighted by molar-refractivity contribution is -0.129. The molecular weight excluding hydrogens is 713 g/mol. The highest BCUT2D eigenvalue weighted by Crippen LogP contribution is 2.29. The van der Waals surface area contributed by atoms with Gasteiger partial charge in [-0.05, 0) is 27.8 Å². The van der Waals surface area contributed by atoms with Crippen LogP contribution in [0.2, 0.25) is 0 Å². The highest BCUT2D eigenvalue weighted by molar-refractivity contribution is 7.18. The van der Waals surface area contributed by atoms with Gasteiger partial charge in [-0.25, -0.2) is 14.8 Å². The largest absolute Gasteiger partial charge is 0.476 e. The summed E-state index contributed by atoms with van der Waals surface area (Å²) in [6.45, 7) is -0.318. The van der Waals surface area contributed by atoms with E-state index < -0.39 is 23.6 Å². The summed E-state index contributed by atoms with van der Waals surface area (Å²) >= 11 is 1.05. The van der Waals surface area contributed by atoms with Crippen LogP contribution in [0.5, 0.6) is 5.75 Å². The molecule has 272 valence electrons. The Balaban J connectivity index is 1.23. The standard InChI is InChI=1S/C44H34N4O6S/c49-37-26-36(30-52-47-40(43(50)51)39-28-46-44(55-39)45-27-31-16-6-1-7-17-31)48(54-42(34-22-12-4-13-23-34)35-24-14-5-15-25-35)29-38(37)53-41(32-18-8-2-9-19-32)33-20-10-3-11-21-33/h1-29,41-42H,30H2,(H,50,51)/b45-27?,47-40-. The van der Waals surface area contributed by atoms with Crippen LogP contribution in [-0.4, -0.2) is 32.7 Å². The second kappa shape index (κ2) is 17.6. The average molecular weight is 747 g/mol. The van der Waals surface area contributed by atoms with Crippen molar-refractivity contribution in [2.75, 3.05) is 0 Å². The monoisotopic (exact) mass is 746 g/mol. The Kier molecular flexibility index (Phi) is 11.6. The Bertz CT molecular complexity index is 2360. The number of carboxylic acids is 1. The van der Waals surface area contributed by atoms with Gasteiger partial charge in [0, 0.05) is 12.3 Å². The molecule has 0 radical (unpaired) electrons. The fourth-order valence-corrected chi connectivity index (χ4v) is 6.42. The molecule has 0 saturated heterocycles. The third-order valence-corrected chi connectivity index (χ3v) is 9.26. The Morgan fingerprint density at radius 3 is 1.78 bits per heavy atom. The van der Waals surface area contributed by atoms with Crippen LogP contribution >= 0.6 is 11.3 Å². The SMILES string of the molecule is O=C(O)/C(=N\OCc1cc(=O)c(OC(c2ccccc2)c2ccccc2)cn1OC(c1ccccc1)c1ccccc1)c1cnc(N=Cc2ccccc2)s1. The summed E-state index contributed by atoms with van der Waals surface area (Å²) in [5, 5.41) is 14.4. The van der Waals surface area contributed by atoms with E-state index in [9.17, 15) is 14.7 Å². The molecule has 7 rings (SSSR count). The van der Waals surface area contributed by atoms with Crippen LogP contribution < -0.4 is 15.0 Å². The summed E-state index contributed by atoms with van der Waals surface area (Å²) < 4.78 is 7.94. The third-order valence-electron chi connectivity index (χ3n) is 8.35. The van der Waals surface area contributed by atoms with Gasteiger partial charge in [-0.15, -0.1) is 0 Å². The van der Waals surface area contributed by atoms with Gasteiger partial charge in [-0.1, -0.05) is 168 Å². The second-order valence-electron chi connectivity index (χ2n) is 12.1. The van der Waals surface area contributed by atoms with Crippen molar-refractivity contribution in [1.82, 2.24) is 9.71 Å². The van der Waals surface area contributed by atoms with E-state index in [0.29, 0.717) is 5.13 Å². The first-order chi connectivity index (χ1) is 27.0. The first-order valence-electron chi connectivity index (χ1n) is 17.3. The number of oxime groups is 1. The van der Waals surface area contributed by atoms with Crippen molar-refractivity contribution in [2.45, 2.75) is 18.8 Å². The summed E-state index contributed by atoms with van der Waals surface area (Å²) in [6.07, 6.45) is 3.29. The number of thiazole rings is 1. The van der Waals surface area contributed by atoms with Crippen molar-refractivity contribution in [1.29, 1.82) is 0 Å². The number of hydrogen-bond donors (Lipinski definition) is 1. The number of ether oxygens (including phenoxy) is 1. The van der Waals surface area contributed by atoms with E-state index in [1.54, 1.807) is 6.21 Å². The Morgan fingerprint density at radius 1 is 0.745 bits per heavy atom. The van der Waals surface area contributed by atoms with E-state index in [0.717, 1.165) is 39.2 Å². The topological polar surface area (TPSA) is 125 Å². The smallest absolute Gasteiger partial charge is 0.359 e. The summed E-state index contributed by atoms with van der Waals surface area (Å²) in [4.78, 5) is 47.3. The Morgan fingerprint density at radius 2 is 1.25 bits per heavy atom. The van der Waals surface area contributed by atoms with Crippen LogP contribution in [0.25, 0.3) is 0 Å². The molecule has 0 aliphatic heterocycles. The minimum absolute atomic E-state index is 0.0318. The normalized spacial score (nSPS) is 11.6. The summed E-state index contributed by atoms with van der Waals surface area (Å²) in [7, 11) is 0. The van der Waals surface area contributed by atoms with Gasteiger partial charge < -0.3 is 19.5 Å². The number of hydrogen-bond acceptors (Lipinski definition) is 9. The van der Waals surface area contributed by atoms with Crippen LogP contribution in [0.1, 0.15) is 50.6 Å². The molecule has 2 aromatic heterocycles. The number of aliphatic carboxylic acids is 1. The van der Waals surface area contributed by atoms with Crippen molar-refractivity contribution < 1.29 is 24.3 Å². The van der Waals surface area contributed by atoms with Crippen molar-refractivity contribution >= 4 is 34.4 Å². The minimum atomic E-state index is -1.32. The van der Waals surface area contributed by atoms with E-state index in [1.165, 1.54) is 23.2 Å². The second-order valence-corrected chi connectivity index (χ2v) is 13.1. The fraction of sp³-hybridized carbons (Fsp3) is 0.0682. The molecule has 0 unspecified atom stereocenters. The molecule has 0 saturated carbocycles. The molecule has 1 N–H and O–H groups in total. The number of carboxylic acid groups (broad SMARTS) is 1. The molecule has 7 aromatic rings. The molecule has 2 heterocycles. The molecule has 0 atom stereocenters. The van der Waals surface area contributed by atoms with Gasteiger partial charge >= 0.3 is 5.97 Å². The van der Waals surface area contributed by atoms with E-state index in [1.807, 2.05) is 152 Å².